The molecular weight excluding hydrogens is 310 g/mol. The van der Waals surface area contributed by atoms with Gasteiger partial charge in [0.2, 0.25) is 0 Å². The summed E-state index contributed by atoms with van der Waals surface area (Å²) in [6.45, 7) is 2.91. The highest BCUT2D eigenvalue weighted by Gasteiger charge is 2.23. The number of rotatable bonds is 4. The van der Waals surface area contributed by atoms with Crippen LogP contribution in [-0.2, 0) is 0 Å². The molecule has 2 N–H and O–H groups in total. The monoisotopic (exact) mass is 329 g/mol. The van der Waals surface area contributed by atoms with Crippen molar-refractivity contribution < 1.29 is 14.5 Å². The van der Waals surface area contributed by atoms with Crippen LogP contribution in [0.1, 0.15) is 30.1 Å². The fourth-order valence-corrected chi connectivity index (χ4v) is 2.51. The van der Waals surface area contributed by atoms with Crippen LogP contribution in [0.4, 0.5) is 5.69 Å². The number of methoxy groups -OCH3 is 1. The normalized spacial score (nSPS) is 20.6. The Kier molecular flexibility index (Phi) is 6.58. The van der Waals surface area contributed by atoms with Crippen molar-refractivity contribution in [3.8, 4) is 5.75 Å². The second-order valence-corrected chi connectivity index (χ2v) is 5.19. The summed E-state index contributed by atoms with van der Waals surface area (Å²) in [5.41, 5.74) is 0.0671. The molecule has 1 aromatic carbocycles. The van der Waals surface area contributed by atoms with Gasteiger partial charge in [0.1, 0.15) is 5.75 Å². The first-order valence-corrected chi connectivity index (χ1v) is 6.88. The highest BCUT2D eigenvalue weighted by Crippen LogP contribution is 2.24. The summed E-state index contributed by atoms with van der Waals surface area (Å²) in [6, 6.07) is 4.42. The fraction of sp³-hybridized carbons (Fsp3) is 0.500. The number of nitro groups is 1. The first-order valence-electron chi connectivity index (χ1n) is 6.88. The van der Waals surface area contributed by atoms with Crippen molar-refractivity contribution in [2.45, 2.75) is 31.8 Å². The molecule has 1 aliphatic heterocycles. The Morgan fingerprint density at radius 1 is 1.50 bits per heavy atom. The van der Waals surface area contributed by atoms with E-state index in [1.165, 1.54) is 25.3 Å². The Bertz CT molecular complexity index is 553. The minimum absolute atomic E-state index is 0. The predicted molar refractivity (Wildman–Crippen MR) is 84.8 cm³/mol. The maximum Gasteiger partial charge on any atom is 0.270 e. The van der Waals surface area contributed by atoms with Crippen LogP contribution in [0.15, 0.2) is 18.2 Å². The van der Waals surface area contributed by atoms with Crippen LogP contribution in [0.2, 0.25) is 0 Å². The topological polar surface area (TPSA) is 93.5 Å². The highest BCUT2D eigenvalue weighted by atomic mass is 35.5. The van der Waals surface area contributed by atoms with Gasteiger partial charge in [0.05, 0.1) is 17.6 Å². The first-order chi connectivity index (χ1) is 10.0. The zero-order valence-corrected chi connectivity index (χ0v) is 13.3. The van der Waals surface area contributed by atoms with E-state index < -0.39 is 4.92 Å². The Balaban J connectivity index is 0.00000242. The molecule has 2 unspecified atom stereocenters. The van der Waals surface area contributed by atoms with Gasteiger partial charge in [-0.2, -0.15) is 0 Å². The van der Waals surface area contributed by atoms with Crippen LogP contribution in [0.3, 0.4) is 0 Å². The van der Waals surface area contributed by atoms with Gasteiger partial charge in [-0.15, -0.1) is 12.4 Å². The minimum atomic E-state index is -0.525. The molecule has 8 heteroatoms. The molecule has 0 saturated carbocycles. The third kappa shape index (κ3) is 4.32. The van der Waals surface area contributed by atoms with Gasteiger partial charge >= 0.3 is 0 Å². The molecule has 0 aromatic heterocycles. The van der Waals surface area contributed by atoms with Gasteiger partial charge < -0.3 is 15.4 Å². The number of carbonyl (C=O) groups is 1. The van der Waals surface area contributed by atoms with E-state index in [4.69, 9.17) is 4.74 Å². The number of nitrogens with one attached hydrogen (secondary N) is 2. The lowest BCUT2D eigenvalue weighted by atomic mass is 10.00. The quantitative estimate of drug-likeness (QED) is 0.650. The smallest absolute Gasteiger partial charge is 0.270 e. The number of carbonyl (C=O) groups excluding carboxylic acids is 1. The molecule has 2 rings (SSSR count). The molecule has 1 saturated heterocycles. The zero-order valence-electron chi connectivity index (χ0n) is 12.5. The van der Waals surface area contributed by atoms with Gasteiger partial charge in [-0.3, -0.25) is 14.9 Å². The third-order valence-electron chi connectivity index (χ3n) is 3.60. The standard InChI is InChI=1S/C14H19N3O4.ClH/c1-9-7-10(5-6-15-9)16-14(18)12-8-11(17(19)20)3-4-13(12)21-2;/h3-4,8-10,15H,5-7H2,1-2H3,(H,16,18);1H. The van der Waals surface area contributed by atoms with Crippen LogP contribution in [0, 0.1) is 10.1 Å². The Hall–Kier alpha value is -1.86. The number of amides is 1. The van der Waals surface area contributed by atoms with Gasteiger partial charge in [-0.1, -0.05) is 0 Å². The van der Waals surface area contributed by atoms with Gasteiger partial charge in [0.15, 0.2) is 0 Å². The average Bonchev–Trinajstić information content (AvgIpc) is 2.46. The number of halogens is 1. The zero-order chi connectivity index (χ0) is 15.4. The minimum Gasteiger partial charge on any atom is -0.496 e. The van der Waals surface area contributed by atoms with E-state index in [0.717, 1.165) is 19.4 Å². The summed E-state index contributed by atoms with van der Waals surface area (Å²) in [7, 11) is 1.44. The van der Waals surface area contributed by atoms with Crippen LogP contribution in [0.25, 0.3) is 0 Å². The Morgan fingerprint density at radius 2 is 2.23 bits per heavy atom. The molecular formula is C14H20ClN3O4. The van der Waals surface area contributed by atoms with Gasteiger partial charge in [-0.25, -0.2) is 0 Å². The molecule has 0 aliphatic carbocycles. The SMILES string of the molecule is COc1ccc([N+](=O)[O-])cc1C(=O)NC1CCNC(C)C1.Cl. The number of non-ortho nitro benzene ring substituents is 1. The van der Waals surface area contributed by atoms with Crippen molar-refractivity contribution in [3.63, 3.8) is 0 Å². The number of nitro benzene ring substituents is 1. The number of piperidine rings is 1. The highest BCUT2D eigenvalue weighted by molar-refractivity contribution is 5.97. The lowest BCUT2D eigenvalue weighted by molar-refractivity contribution is -0.384. The number of hydrogen-bond acceptors (Lipinski definition) is 5. The number of benzene rings is 1. The number of ether oxygens (including phenoxy) is 1. The summed E-state index contributed by atoms with van der Waals surface area (Å²) in [6.07, 6.45) is 1.68. The van der Waals surface area contributed by atoms with Crippen LogP contribution in [-0.4, -0.2) is 36.6 Å². The molecule has 2 atom stereocenters. The summed E-state index contributed by atoms with van der Waals surface area (Å²) >= 11 is 0. The van der Waals surface area contributed by atoms with Crippen LogP contribution in [0.5, 0.6) is 5.75 Å². The molecule has 0 spiro atoms. The van der Waals surface area contributed by atoms with E-state index in [1.807, 2.05) is 0 Å². The van der Waals surface area contributed by atoms with E-state index in [0.29, 0.717) is 11.8 Å². The van der Waals surface area contributed by atoms with Crippen molar-refractivity contribution >= 4 is 24.0 Å². The molecule has 0 radical (unpaired) electrons. The van der Waals surface area contributed by atoms with E-state index in [9.17, 15) is 14.9 Å². The molecule has 1 aromatic rings. The lowest BCUT2D eigenvalue weighted by Gasteiger charge is -2.28. The third-order valence-corrected chi connectivity index (χ3v) is 3.60. The van der Waals surface area contributed by atoms with E-state index in [2.05, 4.69) is 17.6 Å². The number of hydrogen-bond donors (Lipinski definition) is 2. The van der Waals surface area contributed by atoms with E-state index in [-0.39, 0.29) is 35.6 Å². The van der Waals surface area contributed by atoms with Gasteiger partial charge in [0.25, 0.3) is 11.6 Å². The summed E-state index contributed by atoms with van der Waals surface area (Å²) in [4.78, 5) is 22.6. The molecule has 1 heterocycles. The molecule has 0 bridgehead atoms. The number of nitrogens with zero attached hydrogens (tertiary/aromatic N) is 1. The summed E-state index contributed by atoms with van der Waals surface area (Å²) in [5.74, 6) is -0.00488. The summed E-state index contributed by atoms with van der Waals surface area (Å²) < 4.78 is 5.12. The second-order valence-electron chi connectivity index (χ2n) is 5.19. The summed E-state index contributed by atoms with van der Waals surface area (Å²) in [5, 5.41) is 17.1. The second kappa shape index (κ2) is 7.95. The van der Waals surface area contributed by atoms with Crippen LogP contribution < -0.4 is 15.4 Å². The van der Waals surface area contributed by atoms with Crippen molar-refractivity contribution in [1.29, 1.82) is 0 Å². The van der Waals surface area contributed by atoms with Crippen molar-refractivity contribution in [3.05, 3.63) is 33.9 Å². The lowest BCUT2D eigenvalue weighted by Crippen LogP contribution is -2.46. The molecule has 7 nitrogen and oxygen atoms in total. The first kappa shape index (κ1) is 18.2. The average molecular weight is 330 g/mol. The van der Waals surface area contributed by atoms with E-state index >= 15 is 0 Å². The van der Waals surface area contributed by atoms with Gasteiger partial charge in [0, 0.05) is 24.2 Å². The molecule has 1 amide bonds. The van der Waals surface area contributed by atoms with Crippen molar-refractivity contribution in [1.82, 2.24) is 10.6 Å². The maximum absolute atomic E-state index is 12.3. The molecule has 1 aliphatic rings. The largest absolute Gasteiger partial charge is 0.496 e. The molecule has 1 fully saturated rings. The Labute approximate surface area is 135 Å². The molecule has 122 valence electrons. The van der Waals surface area contributed by atoms with Crippen LogP contribution >= 0.6 is 12.4 Å². The fourth-order valence-electron chi connectivity index (χ4n) is 2.51. The van der Waals surface area contributed by atoms with Gasteiger partial charge in [-0.05, 0) is 32.4 Å². The molecule has 22 heavy (non-hydrogen) atoms. The van der Waals surface area contributed by atoms with Crippen molar-refractivity contribution in [2.24, 2.45) is 0 Å². The van der Waals surface area contributed by atoms with Crippen molar-refractivity contribution in [2.75, 3.05) is 13.7 Å². The maximum atomic E-state index is 12.3. The van der Waals surface area contributed by atoms with E-state index in [1.54, 1.807) is 0 Å². The predicted octanol–water partition coefficient (Wildman–Crippen LogP) is 1.90. The Morgan fingerprint density at radius 3 is 2.82 bits per heavy atom.